The Bertz CT molecular complexity index is 560. The molecular weight excluding hydrogens is 344 g/mol. The first-order chi connectivity index (χ1) is 11.5. The number of methoxy groups -OCH3 is 1. The Morgan fingerprint density at radius 3 is 2.56 bits per heavy atom. The molecule has 2 aliphatic rings. The minimum atomic E-state index is -1.04. The predicted molar refractivity (Wildman–Crippen MR) is 95.1 cm³/mol. The lowest BCUT2D eigenvalue weighted by atomic mass is 9.87. The molecule has 0 saturated carbocycles. The van der Waals surface area contributed by atoms with Gasteiger partial charge >= 0.3 is 12.1 Å². The summed E-state index contributed by atoms with van der Waals surface area (Å²) in [6.45, 7) is 9.33. The standard InChI is InChI=1S/C17H28N2O5S/c1-10(2)7-17(18-15(22)24-16(3,4)5)8-12-19(14(17)21)11(9-25-12)13(20)23-6/h10-12H,7-9H2,1-6H3,(H,18,22)/t11-,12-,17+/m0/s1. The van der Waals surface area contributed by atoms with Crippen molar-refractivity contribution in [2.45, 2.75) is 70.0 Å². The normalized spacial score (nSPS) is 28.9. The van der Waals surface area contributed by atoms with Gasteiger partial charge < -0.3 is 19.7 Å². The molecule has 1 N–H and O–H groups in total. The van der Waals surface area contributed by atoms with Crippen LogP contribution in [-0.4, -0.2) is 58.3 Å². The van der Waals surface area contributed by atoms with Crippen LogP contribution < -0.4 is 5.32 Å². The molecule has 2 amide bonds. The minimum Gasteiger partial charge on any atom is -0.467 e. The molecule has 0 aromatic rings. The van der Waals surface area contributed by atoms with Crippen LogP contribution in [0.15, 0.2) is 0 Å². The van der Waals surface area contributed by atoms with Crippen LogP contribution in [-0.2, 0) is 19.1 Å². The van der Waals surface area contributed by atoms with Crippen molar-refractivity contribution in [2.75, 3.05) is 12.9 Å². The van der Waals surface area contributed by atoms with E-state index in [1.54, 1.807) is 37.4 Å². The van der Waals surface area contributed by atoms with Crippen molar-refractivity contribution in [1.29, 1.82) is 0 Å². The van der Waals surface area contributed by atoms with Crippen LogP contribution in [0.5, 0.6) is 0 Å². The predicted octanol–water partition coefficient (Wildman–Crippen LogP) is 2.14. The highest BCUT2D eigenvalue weighted by atomic mass is 32.2. The second kappa shape index (κ2) is 7.05. The number of amides is 2. The second-order valence-electron chi connectivity index (χ2n) is 8.05. The average Bonchev–Trinajstić information content (AvgIpc) is 2.95. The first-order valence-electron chi connectivity index (χ1n) is 8.52. The summed E-state index contributed by atoms with van der Waals surface area (Å²) < 4.78 is 10.2. The van der Waals surface area contributed by atoms with Crippen LogP contribution in [0.2, 0.25) is 0 Å². The Kier molecular flexibility index (Phi) is 5.61. The Morgan fingerprint density at radius 1 is 1.40 bits per heavy atom. The van der Waals surface area contributed by atoms with E-state index in [2.05, 4.69) is 5.32 Å². The fraction of sp³-hybridized carbons (Fsp3) is 0.824. The highest BCUT2D eigenvalue weighted by molar-refractivity contribution is 8.00. The molecule has 0 unspecified atom stereocenters. The van der Waals surface area contributed by atoms with Gasteiger partial charge in [-0.05, 0) is 33.1 Å². The number of ether oxygens (including phenoxy) is 2. The number of carbonyl (C=O) groups excluding carboxylic acids is 3. The van der Waals surface area contributed by atoms with E-state index in [4.69, 9.17) is 9.47 Å². The lowest BCUT2D eigenvalue weighted by Crippen LogP contribution is -2.57. The molecule has 0 spiro atoms. The molecule has 142 valence electrons. The maximum atomic E-state index is 13.2. The first kappa shape index (κ1) is 19.9. The largest absolute Gasteiger partial charge is 0.467 e. The molecule has 0 aromatic carbocycles. The Morgan fingerprint density at radius 2 is 2.04 bits per heavy atom. The van der Waals surface area contributed by atoms with E-state index in [-0.39, 0.29) is 17.2 Å². The number of rotatable bonds is 4. The van der Waals surface area contributed by atoms with Crippen LogP contribution in [0.3, 0.4) is 0 Å². The van der Waals surface area contributed by atoms with E-state index in [9.17, 15) is 14.4 Å². The van der Waals surface area contributed by atoms with Gasteiger partial charge in [-0.15, -0.1) is 11.8 Å². The zero-order valence-electron chi connectivity index (χ0n) is 15.8. The number of nitrogens with zero attached hydrogens (tertiary/aromatic N) is 1. The van der Waals surface area contributed by atoms with Crippen molar-refractivity contribution in [1.82, 2.24) is 10.2 Å². The van der Waals surface area contributed by atoms with Gasteiger partial charge in [-0.2, -0.15) is 0 Å². The number of thioether (sulfide) groups is 1. The van der Waals surface area contributed by atoms with E-state index < -0.39 is 29.2 Å². The summed E-state index contributed by atoms with van der Waals surface area (Å²) in [7, 11) is 1.32. The number of fused-ring (bicyclic) bond motifs is 1. The van der Waals surface area contributed by atoms with Gasteiger partial charge in [-0.25, -0.2) is 9.59 Å². The third-order valence-electron chi connectivity index (χ3n) is 4.23. The zero-order chi connectivity index (χ0) is 19.0. The van der Waals surface area contributed by atoms with Gasteiger partial charge in [-0.3, -0.25) is 4.79 Å². The van der Waals surface area contributed by atoms with Crippen molar-refractivity contribution in [2.24, 2.45) is 5.92 Å². The van der Waals surface area contributed by atoms with Gasteiger partial charge in [0, 0.05) is 12.2 Å². The Labute approximate surface area is 153 Å². The zero-order valence-corrected chi connectivity index (χ0v) is 16.6. The topological polar surface area (TPSA) is 84.9 Å². The van der Waals surface area contributed by atoms with Gasteiger partial charge in [0.25, 0.3) is 0 Å². The number of nitrogens with one attached hydrogen (secondary N) is 1. The number of alkyl carbamates (subject to hydrolysis) is 1. The third-order valence-corrected chi connectivity index (χ3v) is 5.52. The molecule has 0 aromatic heterocycles. The van der Waals surface area contributed by atoms with Crippen molar-refractivity contribution in [3.63, 3.8) is 0 Å². The smallest absolute Gasteiger partial charge is 0.408 e. The molecule has 2 saturated heterocycles. The van der Waals surface area contributed by atoms with Crippen LogP contribution in [0.25, 0.3) is 0 Å². The molecular formula is C17H28N2O5S. The van der Waals surface area contributed by atoms with E-state index in [1.165, 1.54) is 7.11 Å². The summed E-state index contributed by atoms with van der Waals surface area (Å²) in [6, 6.07) is -0.595. The summed E-state index contributed by atoms with van der Waals surface area (Å²) >= 11 is 1.55. The van der Waals surface area contributed by atoms with Gasteiger partial charge in [0.1, 0.15) is 17.2 Å². The molecule has 0 aliphatic carbocycles. The minimum absolute atomic E-state index is 0.134. The quantitative estimate of drug-likeness (QED) is 0.761. The maximum absolute atomic E-state index is 13.2. The maximum Gasteiger partial charge on any atom is 0.408 e. The first-order valence-corrected chi connectivity index (χ1v) is 9.57. The summed E-state index contributed by atoms with van der Waals surface area (Å²) in [6.07, 6.45) is 0.343. The molecule has 2 fully saturated rings. The van der Waals surface area contributed by atoms with Crippen molar-refractivity contribution < 1.29 is 23.9 Å². The van der Waals surface area contributed by atoms with E-state index in [1.807, 2.05) is 13.8 Å². The van der Waals surface area contributed by atoms with Gasteiger partial charge in [0.15, 0.2) is 0 Å². The summed E-state index contributed by atoms with van der Waals surface area (Å²) in [4.78, 5) is 39.1. The van der Waals surface area contributed by atoms with Gasteiger partial charge in [0.05, 0.1) is 12.5 Å². The molecule has 8 heteroatoms. The lowest BCUT2D eigenvalue weighted by molar-refractivity contribution is -0.151. The van der Waals surface area contributed by atoms with Crippen molar-refractivity contribution >= 4 is 29.7 Å². The lowest BCUT2D eigenvalue weighted by Gasteiger charge is -2.32. The fourth-order valence-corrected chi connectivity index (χ4v) is 4.97. The van der Waals surface area contributed by atoms with Gasteiger partial charge in [-0.1, -0.05) is 13.8 Å². The fourth-order valence-electron chi connectivity index (χ4n) is 3.47. The van der Waals surface area contributed by atoms with E-state index in [0.29, 0.717) is 18.6 Å². The molecule has 2 heterocycles. The average molecular weight is 372 g/mol. The van der Waals surface area contributed by atoms with Crippen LogP contribution in [0.1, 0.15) is 47.5 Å². The summed E-state index contributed by atoms with van der Waals surface area (Å²) in [5, 5.41) is 2.68. The molecule has 25 heavy (non-hydrogen) atoms. The molecule has 2 rings (SSSR count). The molecule has 7 nitrogen and oxygen atoms in total. The Hall–Kier alpha value is -1.44. The number of hydrogen-bond acceptors (Lipinski definition) is 6. The number of carbonyl (C=O) groups is 3. The highest BCUT2D eigenvalue weighted by Gasteiger charge is 2.59. The monoisotopic (exact) mass is 372 g/mol. The molecule has 2 aliphatic heterocycles. The molecule has 0 bridgehead atoms. The second-order valence-corrected chi connectivity index (χ2v) is 9.26. The third kappa shape index (κ3) is 4.22. The number of esters is 1. The SMILES string of the molecule is COC(=O)[C@@H]1CS[C@H]2C[C@@](CC(C)C)(NC(=O)OC(C)(C)C)C(=O)N21. The molecule has 0 radical (unpaired) electrons. The Balaban J connectivity index is 2.25. The van der Waals surface area contributed by atoms with Crippen molar-refractivity contribution in [3.05, 3.63) is 0 Å². The highest BCUT2D eigenvalue weighted by Crippen LogP contribution is 2.44. The summed E-state index contributed by atoms with van der Waals surface area (Å²) in [5.41, 5.74) is -1.69. The van der Waals surface area contributed by atoms with Crippen LogP contribution in [0, 0.1) is 5.92 Å². The van der Waals surface area contributed by atoms with Crippen molar-refractivity contribution in [3.8, 4) is 0 Å². The number of hydrogen-bond donors (Lipinski definition) is 1. The van der Waals surface area contributed by atoms with Crippen LogP contribution >= 0.6 is 11.8 Å². The van der Waals surface area contributed by atoms with Gasteiger partial charge in [0.2, 0.25) is 5.91 Å². The van der Waals surface area contributed by atoms with E-state index in [0.717, 1.165) is 0 Å². The van der Waals surface area contributed by atoms with E-state index >= 15 is 0 Å². The van der Waals surface area contributed by atoms with Crippen LogP contribution in [0.4, 0.5) is 4.79 Å². The summed E-state index contributed by atoms with van der Waals surface area (Å²) in [5.74, 6) is 0.0757. The molecule has 3 atom stereocenters.